The minimum Gasteiger partial charge on any atom is -0.505 e. The van der Waals surface area contributed by atoms with Crippen molar-refractivity contribution in [3.8, 4) is 16.3 Å². The number of fused-ring (bicyclic) bond motifs is 5. The second kappa shape index (κ2) is 11.1. The molecule has 6 unspecified atom stereocenters. The van der Waals surface area contributed by atoms with Crippen molar-refractivity contribution in [3.63, 3.8) is 0 Å². The Bertz CT molecular complexity index is 2170. The van der Waals surface area contributed by atoms with Crippen molar-refractivity contribution in [1.29, 1.82) is 0 Å². The fraction of sp³-hybridized carbons (Fsp3) is 0.378. The summed E-state index contributed by atoms with van der Waals surface area (Å²) < 4.78 is 17.5. The fourth-order valence-electron chi connectivity index (χ4n) is 9.07. The smallest absolute Gasteiger partial charge is 0.242 e. The van der Waals surface area contributed by atoms with E-state index >= 15 is 0 Å². The summed E-state index contributed by atoms with van der Waals surface area (Å²) >= 11 is 7.82. The van der Waals surface area contributed by atoms with E-state index in [2.05, 4.69) is 0 Å². The quantitative estimate of drug-likeness (QED) is 0.182. The van der Waals surface area contributed by atoms with Crippen LogP contribution in [-0.2, 0) is 26.2 Å². The molecule has 2 aromatic carbocycles. The van der Waals surface area contributed by atoms with Gasteiger partial charge in [0.25, 0.3) is 0 Å². The lowest BCUT2D eigenvalue weighted by molar-refractivity contribution is -0.140. The highest BCUT2D eigenvalue weighted by Gasteiger charge is 2.68. The summed E-state index contributed by atoms with van der Waals surface area (Å²) in [6.45, 7) is 5.90. The van der Waals surface area contributed by atoms with E-state index in [-0.39, 0.29) is 36.0 Å². The Kier molecular flexibility index (Phi) is 7.21. The number of hydrogen-bond donors (Lipinski definition) is 1. The normalized spacial score (nSPS) is 28.0. The minimum atomic E-state index is -1.43. The molecular formula is C37H34ClFN4O5S. The monoisotopic (exact) mass is 700 g/mol. The van der Waals surface area contributed by atoms with Gasteiger partial charge in [-0.1, -0.05) is 42.3 Å². The molecule has 4 heterocycles. The van der Waals surface area contributed by atoms with Crippen molar-refractivity contribution in [2.24, 2.45) is 36.1 Å². The zero-order valence-corrected chi connectivity index (χ0v) is 28.9. The number of allylic oxidation sites excluding steroid dienone is 2. The third-order valence-electron chi connectivity index (χ3n) is 11.4. The number of imide groups is 2. The van der Waals surface area contributed by atoms with Gasteiger partial charge in [-0.05, 0) is 74.2 Å². The Balaban J connectivity index is 1.26. The molecule has 2 aliphatic heterocycles. The maximum Gasteiger partial charge on any atom is 0.242 e. The summed E-state index contributed by atoms with van der Waals surface area (Å²) in [4.78, 5) is 60.1. The van der Waals surface area contributed by atoms with E-state index in [1.807, 2.05) is 38.1 Å². The first-order valence-corrected chi connectivity index (χ1v) is 17.7. The summed E-state index contributed by atoms with van der Waals surface area (Å²) in [6.07, 6.45) is 2.95. The van der Waals surface area contributed by atoms with Gasteiger partial charge in [0.05, 0.1) is 28.0 Å². The number of carbonyl (C=O) groups excluding carboxylic acids is 4. The third kappa shape index (κ3) is 4.30. The number of nitrogens with zero attached hydrogens (tertiary/aromatic N) is 4. The van der Waals surface area contributed by atoms with E-state index in [9.17, 15) is 28.7 Å². The molecule has 0 radical (unpaired) electrons. The highest BCUT2D eigenvalue weighted by molar-refractivity contribution is 7.22. The lowest BCUT2D eigenvalue weighted by Crippen LogP contribution is -2.49. The van der Waals surface area contributed by atoms with Crippen LogP contribution in [0.5, 0.6) is 5.75 Å². The van der Waals surface area contributed by atoms with Crippen molar-refractivity contribution < 1.29 is 28.7 Å². The number of rotatable bonds is 5. The molecular weight excluding hydrogens is 667 g/mol. The van der Waals surface area contributed by atoms with Crippen molar-refractivity contribution in [3.05, 3.63) is 76.1 Å². The largest absolute Gasteiger partial charge is 0.505 e. The SMILES string of the molecule is CCCN1C(=O)C2CC=C3C(CC4C(=O)N(c5cc(-c6sc7ccc(Cl)cc7c6C)nn5C)C(=O)C4(C)C3c3cccc(F)c3O)C2C1=O. The maximum absolute atomic E-state index is 15.0. The first-order valence-electron chi connectivity index (χ1n) is 16.5. The molecule has 8 rings (SSSR count). The molecule has 0 bridgehead atoms. The van der Waals surface area contributed by atoms with E-state index in [4.69, 9.17) is 16.7 Å². The number of likely N-dealkylation sites (tertiary alicyclic amines) is 1. The number of para-hydroxylation sites is 1. The molecule has 1 saturated carbocycles. The van der Waals surface area contributed by atoms with Crippen LogP contribution in [0.4, 0.5) is 10.2 Å². The number of halogens is 2. The maximum atomic E-state index is 15.0. The Morgan fingerprint density at radius 2 is 1.86 bits per heavy atom. The summed E-state index contributed by atoms with van der Waals surface area (Å²) in [5.74, 6) is -6.25. The van der Waals surface area contributed by atoms with Gasteiger partial charge in [0, 0.05) is 40.9 Å². The fourth-order valence-corrected chi connectivity index (χ4v) is 10.4. The summed E-state index contributed by atoms with van der Waals surface area (Å²) in [7, 11) is 1.68. The lowest BCUT2D eigenvalue weighted by Gasteiger charge is -2.49. The third-order valence-corrected chi connectivity index (χ3v) is 12.9. The summed E-state index contributed by atoms with van der Waals surface area (Å²) in [5.41, 5.74) is 1.01. The minimum absolute atomic E-state index is 0.164. The Morgan fingerprint density at radius 3 is 2.61 bits per heavy atom. The van der Waals surface area contributed by atoms with E-state index in [1.165, 1.54) is 20.5 Å². The molecule has 1 N–H and O–H groups in total. The van der Waals surface area contributed by atoms with Gasteiger partial charge in [0.2, 0.25) is 23.6 Å². The van der Waals surface area contributed by atoms with Crippen LogP contribution in [0.1, 0.15) is 50.2 Å². The van der Waals surface area contributed by atoms with Gasteiger partial charge in [0.1, 0.15) is 11.5 Å². The van der Waals surface area contributed by atoms with Gasteiger partial charge >= 0.3 is 0 Å². The molecule has 4 amide bonds. The number of amides is 4. The number of anilines is 1. The van der Waals surface area contributed by atoms with Crippen molar-refractivity contribution >= 4 is 62.5 Å². The van der Waals surface area contributed by atoms with Crippen LogP contribution in [0.3, 0.4) is 0 Å². The van der Waals surface area contributed by atoms with Gasteiger partial charge in [-0.2, -0.15) is 5.10 Å². The number of thiophene rings is 1. The number of aromatic hydroxyl groups is 1. The van der Waals surface area contributed by atoms with Gasteiger partial charge < -0.3 is 5.11 Å². The Morgan fingerprint density at radius 1 is 1.08 bits per heavy atom. The second-order valence-corrected chi connectivity index (χ2v) is 15.4. The van der Waals surface area contributed by atoms with Crippen LogP contribution in [0.15, 0.2) is 54.1 Å². The molecule has 2 aliphatic carbocycles. The topological polar surface area (TPSA) is 113 Å². The highest BCUT2D eigenvalue weighted by Crippen LogP contribution is 2.64. The number of aryl methyl sites for hydroxylation is 2. The molecule has 252 valence electrons. The highest BCUT2D eigenvalue weighted by atomic mass is 35.5. The average Bonchev–Trinajstić information content (AvgIpc) is 3.74. The van der Waals surface area contributed by atoms with E-state index in [1.54, 1.807) is 37.4 Å². The Labute approximate surface area is 290 Å². The lowest BCUT2D eigenvalue weighted by atomic mass is 9.51. The van der Waals surface area contributed by atoms with Gasteiger partial charge in [0.15, 0.2) is 11.6 Å². The number of phenolic OH excluding ortho intramolecular Hbond substituents is 1. The zero-order chi connectivity index (χ0) is 34.7. The van der Waals surface area contributed by atoms with Crippen LogP contribution in [0.2, 0.25) is 5.02 Å². The summed E-state index contributed by atoms with van der Waals surface area (Å²) in [5, 5.41) is 17.5. The van der Waals surface area contributed by atoms with E-state index in [0.29, 0.717) is 29.3 Å². The molecule has 4 aromatic rings. The molecule has 0 spiro atoms. The predicted molar refractivity (Wildman–Crippen MR) is 183 cm³/mol. The molecule has 2 saturated heterocycles. The standard InChI is InChI=1S/C37H34ClFN4O5S/c1-5-13-42-33(45)20-11-10-19-23(29(20)35(42)47)15-24-34(46)43(36(48)37(24,3)30(19)21-7-6-8-25(39)31(21)44)28-16-26(40-41(28)4)32-17(2)22-14-18(38)9-12-27(22)49-32/h6-10,12,14,16,20,23-24,29-30,44H,5,11,13,15H2,1-4H3. The number of carbonyl (C=O) groups is 4. The van der Waals surface area contributed by atoms with Crippen LogP contribution < -0.4 is 4.90 Å². The van der Waals surface area contributed by atoms with Crippen molar-refractivity contribution in [2.75, 3.05) is 11.4 Å². The molecule has 9 nitrogen and oxygen atoms in total. The molecule has 4 aliphatic rings. The van der Waals surface area contributed by atoms with Crippen molar-refractivity contribution in [1.82, 2.24) is 14.7 Å². The van der Waals surface area contributed by atoms with Gasteiger partial charge in [-0.3, -0.25) is 28.8 Å². The molecule has 12 heteroatoms. The zero-order valence-electron chi connectivity index (χ0n) is 27.4. The van der Waals surface area contributed by atoms with E-state index < -0.39 is 58.4 Å². The predicted octanol–water partition coefficient (Wildman–Crippen LogP) is 6.75. The van der Waals surface area contributed by atoms with Crippen LogP contribution in [0, 0.1) is 41.8 Å². The van der Waals surface area contributed by atoms with E-state index in [0.717, 1.165) is 26.6 Å². The molecule has 6 atom stereocenters. The number of benzene rings is 2. The molecule has 49 heavy (non-hydrogen) atoms. The first kappa shape index (κ1) is 31.9. The number of hydrogen-bond acceptors (Lipinski definition) is 7. The number of aromatic nitrogens is 2. The second-order valence-electron chi connectivity index (χ2n) is 13.9. The summed E-state index contributed by atoms with van der Waals surface area (Å²) in [6, 6.07) is 11.6. The van der Waals surface area contributed by atoms with Gasteiger partial charge in [-0.25, -0.2) is 9.29 Å². The van der Waals surface area contributed by atoms with Crippen molar-refractivity contribution in [2.45, 2.75) is 46.0 Å². The van der Waals surface area contributed by atoms with Crippen LogP contribution >= 0.6 is 22.9 Å². The van der Waals surface area contributed by atoms with Crippen LogP contribution in [0.25, 0.3) is 20.7 Å². The first-order chi connectivity index (χ1) is 23.4. The number of phenols is 1. The van der Waals surface area contributed by atoms with Crippen LogP contribution in [-0.4, -0.2) is 50.0 Å². The van der Waals surface area contributed by atoms with Gasteiger partial charge in [-0.15, -0.1) is 11.3 Å². The average molecular weight is 701 g/mol. The molecule has 3 fully saturated rings. The molecule has 2 aromatic heterocycles. The Hall–Kier alpha value is -4.35.